The molecule has 0 bridgehead atoms. The molecular weight excluding hydrogens is 104 g/mol. The molecule has 0 unspecified atom stereocenters. The second kappa shape index (κ2) is 3.05. The van der Waals surface area contributed by atoms with E-state index in [0.29, 0.717) is 6.42 Å². The van der Waals surface area contributed by atoms with Gasteiger partial charge >= 0.3 is 0 Å². The van der Waals surface area contributed by atoms with E-state index in [9.17, 15) is 0 Å². The topological polar surface area (TPSA) is 18.5 Å². The zero-order valence-corrected chi connectivity index (χ0v) is 5.73. The molecule has 0 heterocycles. The van der Waals surface area contributed by atoms with E-state index in [1.54, 1.807) is 14.2 Å². The molecule has 0 saturated heterocycles. The van der Waals surface area contributed by atoms with Crippen LogP contribution >= 0.6 is 0 Å². The van der Waals surface area contributed by atoms with Gasteiger partial charge in [-0.25, -0.2) is 0 Å². The lowest BCUT2D eigenvalue weighted by molar-refractivity contribution is -0.190. The fourth-order valence-electron chi connectivity index (χ4n) is 0.287. The minimum Gasteiger partial charge on any atom is -0.353 e. The summed E-state index contributed by atoms with van der Waals surface area (Å²) >= 11 is 0. The van der Waals surface area contributed by atoms with Gasteiger partial charge in [0.25, 0.3) is 0 Å². The summed E-state index contributed by atoms with van der Waals surface area (Å²) < 4.78 is 9.90. The predicted octanol–water partition coefficient (Wildman–Crippen LogP) is 1.22. The number of hydrogen-bond acceptors (Lipinski definition) is 2. The minimum absolute atomic E-state index is 0.486. The van der Waals surface area contributed by atoms with E-state index < -0.39 is 5.79 Å². The first-order valence-electron chi connectivity index (χ1n) is 2.58. The van der Waals surface area contributed by atoms with Crippen molar-refractivity contribution in [2.24, 2.45) is 0 Å². The SMILES string of the molecule is [CH2]CC(C)(OC)OC. The van der Waals surface area contributed by atoms with Crippen molar-refractivity contribution < 1.29 is 9.47 Å². The number of ether oxygens (including phenoxy) is 2. The van der Waals surface area contributed by atoms with Crippen LogP contribution in [-0.2, 0) is 9.47 Å². The van der Waals surface area contributed by atoms with E-state index in [-0.39, 0.29) is 0 Å². The Bertz CT molecular complexity index is 49.3. The zero-order chi connectivity index (χ0) is 6.62. The van der Waals surface area contributed by atoms with E-state index in [0.717, 1.165) is 0 Å². The maximum Gasteiger partial charge on any atom is 0.164 e. The minimum atomic E-state index is -0.486. The van der Waals surface area contributed by atoms with E-state index >= 15 is 0 Å². The second-order valence-corrected chi connectivity index (χ2v) is 1.79. The van der Waals surface area contributed by atoms with Gasteiger partial charge in [-0.3, -0.25) is 0 Å². The van der Waals surface area contributed by atoms with Crippen LogP contribution in [0, 0.1) is 6.92 Å². The highest BCUT2D eigenvalue weighted by atomic mass is 16.7. The molecule has 0 aromatic carbocycles. The molecule has 0 aliphatic carbocycles. The molecule has 0 saturated carbocycles. The smallest absolute Gasteiger partial charge is 0.164 e. The van der Waals surface area contributed by atoms with Crippen LogP contribution in [0.4, 0.5) is 0 Å². The molecule has 8 heavy (non-hydrogen) atoms. The van der Waals surface area contributed by atoms with Crippen LogP contribution in [0.5, 0.6) is 0 Å². The number of methoxy groups -OCH3 is 2. The second-order valence-electron chi connectivity index (χ2n) is 1.79. The Morgan fingerprint density at radius 2 is 1.75 bits per heavy atom. The first-order chi connectivity index (χ1) is 3.68. The summed E-state index contributed by atoms with van der Waals surface area (Å²) in [5.41, 5.74) is 0. The average Bonchev–Trinajstić information content (AvgIpc) is 1.87. The summed E-state index contributed by atoms with van der Waals surface area (Å²) in [7, 11) is 3.21. The molecule has 0 amide bonds. The lowest BCUT2D eigenvalue weighted by atomic mass is 10.2. The largest absolute Gasteiger partial charge is 0.353 e. The quantitative estimate of drug-likeness (QED) is 0.517. The molecule has 0 spiro atoms. The van der Waals surface area contributed by atoms with Gasteiger partial charge in [0.1, 0.15) is 0 Å². The lowest BCUT2D eigenvalue weighted by Crippen LogP contribution is -2.28. The van der Waals surface area contributed by atoms with Crippen LogP contribution in [0.2, 0.25) is 0 Å². The van der Waals surface area contributed by atoms with Gasteiger partial charge in [0.05, 0.1) is 0 Å². The van der Waals surface area contributed by atoms with Gasteiger partial charge in [0, 0.05) is 20.6 Å². The van der Waals surface area contributed by atoms with Crippen molar-refractivity contribution >= 4 is 0 Å². The van der Waals surface area contributed by atoms with Crippen LogP contribution in [0.3, 0.4) is 0 Å². The molecule has 0 atom stereocenters. The van der Waals surface area contributed by atoms with Gasteiger partial charge in [-0.05, 0) is 13.8 Å². The molecule has 0 N–H and O–H groups in total. The third-order valence-corrected chi connectivity index (χ3v) is 1.32. The van der Waals surface area contributed by atoms with Gasteiger partial charge in [-0.1, -0.05) is 0 Å². The third kappa shape index (κ3) is 1.80. The van der Waals surface area contributed by atoms with Crippen molar-refractivity contribution in [2.45, 2.75) is 19.1 Å². The summed E-state index contributed by atoms with van der Waals surface area (Å²) in [6, 6.07) is 0. The molecule has 0 aliphatic rings. The lowest BCUT2D eigenvalue weighted by Gasteiger charge is -2.23. The third-order valence-electron chi connectivity index (χ3n) is 1.32. The zero-order valence-electron chi connectivity index (χ0n) is 5.73. The van der Waals surface area contributed by atoms with Crippen LogP contribution in [0.1, 0.15) is 13.3 Å². The molecule has 1 radical (unpaired) electrons. The molecule has 2 heteroatoms. The Labute approximate surface area is 50.8 Å². The number of hydrogen-bond donors (Lipinski definition) is 0. The van der Waals surface area contributed by atoms with Crippen molar-refractivity contribution in [1.82, 2.24) is 0 Å². The van der Waals surface area contributed by atoms with Crippen molar-refractivity contribution in [3.05, 3.63) is 6.92 Å². The van der Waals surface area contributed by atoms with Crippen molar-refractivity contribution in [3.63, 3.8) is 0 Å². The van der Waals surface area contributed by atoms with Crippen molar-refractivity contribution in [3.8, 4) is 0 Å². The Morgan fingerprint density at radius 3 is 1.75 bits per heavy atom. The maximum absolute atomic E-state index is 4.95. The fraction of sp³-hybridized carbons (Fsp3) is 0.833. The van der Waals surface area contributed by atoms with Gasteiger partial charge in [0.2, 0.25) is 0 Å². The summed E-state index contributed by atoms with van der Waals surface area (Å²) in [6.07, 6.45) is 0.625. The van der Waals surface area contributed by atoms with E-state index in [1.165, 1.54) is 0 Å². The maximum atomic E-state index is 4.95. The highest BCUT2D eigenvalue weighted by molar-refractivity contribution is 4.61. The Balaban J connectivity index is 3.58. The van der Waals surface area contributed by atoms with Gasteiger partial charge in [-0.2, -0.15) is 0 Å². The first kappa shape index (κ1) is 7.92. The Hall–Kier alpha value is -0.0800. The van der Waals surface area contributed by atoms with Crippen LogP contribution in [0.25, 0.3) is 0 Å². The standard InChI is InChI=1S/C6H13O2/c1-5-6(2,7-3)8-4/h1,5H2,2-4H3. The normalized spacial score (nSPS) is 12.0. The summed E-state index contributed by atoms with van der Waals surface area (Å²) in [5, 5.41) is 0. The molecule has 49 valence electrons. The van der Waals surface area contributed by atoms with Crippen LogP contribution in [0.15, 0.2) is 0 Å². The van der Waals surface area contributed by atoms with Crippen LogP contribution < -0.4 is 0 Å². The van der Waals surface area contributed by atoms with Crippen molar-refractivity contribution in [1.29, 1.82) is 0 Å². The van der Waals surface area contributed by atoms with E-state index in [1.807, 2.05) is 6.92 Å². The van der Waals surface area contributed by atoms with Crippen LogP contribution in [-0.4, -0.2) is 20.0 Å². The molecule has 0 aromatic heterocycles. The molecule has 2 nitrogen and oxygen atoms in total. The first-order valence-corrected chi connectivity index (χ1v) is 2.58. The van der Waals surface area contributed by atoms with Gasteiger partial charge < -0.3 is 9.47 Å². The monoisotopic (exact) mass is 117 g/mol. The van der Waals surface area contributed by atoms with E-state index in [2.05, 4.69) is 6.92 Å². The number of rotatable bonds is 3. The van der Waals surface area contributed by atoms with Crippen molar-refractivity contribution in [2.75, 3.05) is 14.2 Å². The fourth-order valence-corrected chi connectivity index (χ4v) is 0.287. The molecular formula is C6H13O2. The van der Waals surface area contributed by atoms with Gasteiger partial charge in [-0.15, -0.1) is 0 Å². The summed E-state index contributed by atoms with van der Waals surface area (Å²) in [5.74, 6) is -0.486. The summed E-state index contributed by atoms with van der Waals surface area (Å²) in [6.45, 7) is 5.50. The van der Waals surface area contributed by atoms with Gasteiger partial charge in [0.15, 0.2) is 5.79 Å². The highest BCUT2D eigenvalue weighted by Gasteiger charge is 2.18. The molecule has 0 fully saturated rings. The van der Waals surface area contributed by atoms with E-state index in [4.69, 9.17) is 9.47 Å². The highest BCUT2D eigenvalue weighted by Crippen LogP contribution is 2.12. The molecule has 0 rings (SSSR count). The summed E-state index contributed by atoms with van der Waals surface area (Å²) in [4.78, 5) is 0. The Kier molecular flexibility index (Phi) is 3.02. The molecule has 0 aliphatic heterocycles. The average molecular weight is 117 g/mol. The predicted molar refractivity (Wildman–Crippen MR) is 32.4 cm³/mol. The Morgan fingerprint density at radius 1 is 1.38 bits per heavy atom. The molecule has 0 aromatic rings.